The van der Waals surface area contributed by atoms with E-state index in [0.29, 0.717) is 6.10 Å². The van der Waals surface area contributed by atoms with Crippen molar-refractivity contribution in [2.45, 2.75) is 25.5 Å². The molecule has 0 bridgehead atoms. The number of aromatic nitrogens is 1. The van der Waals surface area contributed by atoms with E-state index in [1.807, 2.05) is 13.1 Å². The molecule has 21 heavy (non-hydrogen) atoms. The highest BCUT2D eigenvalue weighted by atomic mass is 16.5. The second-order valence-corrected chi connectivity index (χ2v) is 5.70. The number of hydrogen-bond acceptors (Lipinski definition) is 4. The number of likely N-dealkylation sites (N-methyl/N-ethyl adjacent to an activating group) is 1. The van der Waals surface area contributed by atoms with E-state index in [1.54, 1.807) is 0 Å². The van der Waals surface area contributed by atoms with Gasteiger partial charge in [0.2, 0.25) is 0 Å². The van der Waals surface area contributed by atoms with Crippen LogP contribution in [-0.4, -0.2) is 38.3 Å². The lowest BCUT2D eigenvalue weighted by molar-refractivity contribution is 0.116. The minimum Gasteiger partial charge on any atom is -0.376 e. The fourth-order valence-electron chi connectivity index (χ4n) is 2.95. The van der Waals surface area contributed by atoms with Gasteiger partial charge in [-0.25, -0.2) is 4.98 Å². The van der Waals surface area contributed by atoms with Gasteiger partial charge in [0.05, 0.1) is 11.6 Å². The van der Waals surface area contributed by atoms with E-state index in [9.17, 15) is 0 Å². The Balaban J connectivity index is 1.90. The summed E-state index contributed by atoms with van der Waals surface area (Å²) < 4.78 is 5.73. The zero-order valence-electron chi connectivity index (χ0n) is 12.8. The number of para-hydroxylation sites is 1. The van der Waals surface area contributed by atoms with Crippen LogP contribution in [0, 0.1) is 0 Å². The summed E-state index contributed by atoms with van der Waals surface area (Å²) in [7, 11) is 4.08. The first kappa shape index (κ1) is 14.3. The van der Waals surface area contributed by atoms with Crippen LogP contribution in [0.5, 0.6) is 0 Å². The minimum atomic E-state index is 0.344. The van der Waals surface area contributed by atoms with Crippen molar-refractivity contribution < 1.29 is 4.74 Å². The average molecular weight is 285 g/mol. The van der Waals surface area contributed by atoms with Gasteiger partial charge in [-0.2, -0.15) is 0 Å². The van der Waals surface area contributed by atoms with Crippen molar-refractivity contribution in [2.24, 2.45) is 0 Å². The predicted molar refractivity (Wildman–Crippen MR) is 86.8 cm³/mol. The first-order valence-corrected chi connectivity index (χ1v) is 7.64. The Morgan fingerprint density at radius 1 is 1.38 bits per heavy atom. The molecule has 3 rings (SSSR count). The third-order valence-electron chi connectivity index (χ3n) is 4.05. The fourth-order valence-corrected chi connectivity index (χ4v) is 2.95. The smallest absolute Gasteiger partial charge is 0.129 e. The maximum Gasteiger partial charge on any atom is 0.129 e. The second-order valence-electron chi connectivity index (χ2n) is 5.70. The Morgan fingerprint density at radius 2 is 2.24 bits per heavy atom. The molecule has 1 atom stereocenters. The molecule has 1 N–H and O–H groups in total. The minimum absolute atomic E-state index is 0.344. The van der Waals surface area contributed by atoms with Crippen LogP contribution in [0.15, 0.2) is 30.3 Å². The molecule has 1 aromatic heterocycles. The lowest BCUT2D eigenvalue weighted by Crippen LogP contribution is -2.29. The number of anilines is 1. The number of hydrogen-bond donors (Lipinski definition) is 1. The molecule has 4 nitrogen and oxygen atoms in total. The Labute approximate surface area is 126 Å². The summed E-state index contributed by atoms with van der Waals surface area (Å²) >= 11 is 0. The number of ether oxygens (including phenoxy) is 1. The third kappa shape index (κ3) is 3.17. The molecule has 1 aliphatic rings. The number of pyridine rings is 1. The monoisotopic (exact) mass is 285 g/mol. The highest BCUT2D eigenvalue weighted by Crippen LogP contribution is 2.23. The fraction of sp³-hybridized carbons (Fsp3) is 0.471. The van der Waals surface area contributed by atoms with Crippen LogP contribution in [0.25, 0.3) is 10.9 Å². The highest BCUT2D eigenvalue weighted by Gasteiger charge is 2.18. The zero-order chi connectivity index (χ0) is 14.7. The van der Waals surface area contributed by atoms with Gasteiger partial charge >= 0.3 is 0 Å². The largest absolute Gasteiger partial charge is 0.376 e. The van der Waals surface area contributed by atoms with Crippen molar-refractivity contribution in [1.29, 1.82) is 0 Å². The summed E-state index contributed by atoms with van der Waals surface area (Å²) in [6.45, 7) is 2.66. The van der Waals surface area contributed by atoms with E-state index in [4.69, 9.17) is 9.72 Å². The SMILES string of the molecule is CNCc1cc(N(C)CC2CCCO2)nc2ccccc12. The maximum atomic E-state index is 5.73. The average Bonchev–Trinajstić information content (AvgIpc) is 3.00. The van der Waals surface area contributed by atoms with Gasteiger partial charge in [-0.3, -0.25) is 0 Å². The van der Waals surface area contributed by atoms with Crippen LogP contribution >= 0.6 is 0 Å². The summed E-state index contributed by atoms with van der Waals surface area (Å²) in [6.07, 6.45) is 2.67. The van der Waals surface area contributed by atoms with Gasteiger partial charge in [0, 0.05) is 32.1 Å². The van der Waals surface area contributed by atoms with Crippen LogP contribution in [-0.2, 0) is 11.3 Å². The van der Waals surface area contributed by atoms with Crippen LogP contribution in [0.4, 0.5) is 5.82 Å². The van der Waals surface area contributed by atoms with Gasteiger partial charge in [0.1, 0.15) is 5.82 Å². The van der Waals surface area contributed by atoms with Gasteiger partial charge < -0.3 is 15.0 Å². The molecule has 1 unspecified atom stereocenters. The Hall–Kier alpha value is -1.65. The molecule has 0 amide bonds. The molecule has 4 heteroatoms. The number of benzene rings is 1. The van der Waals surface area contributed by atoms with Crippen molar-refractivity contribution in [2.75, 3.05) is 32.1 Å². The van der Waals surface area contributed by atoms with Crippen molar-refractivity contribution in [3.05, 3.63) is 35.9 Å². The molecule has 0 aliphatic carbocycles. The number of nitrogens with zero attached hydrogens (tertiary/aromatic N) is 2. The normalized spacial score (nSPS) is 18.3. The van der Waals surface area contributed by atoms with E-state index in [1.165, 1.54) is 17.4 Å². The van der Waals surface area contributed by atoms with E-state index in [-0.39, 0.29) is 0 Å². The molecule has 2 heterocycles. The molecular weight excluding hydrogens is 262 g/mol. The first-order valence-electron chi connectivity index (χ1n) is 7.64. The van der Waals surface area contributed by atoms with Crippen molar-refractivity contribution >= 4 is 16.7 Å². The molecule has 1 aromatic carbocycles. The Bertz CT molecular complexity index is 608. The number of fused-ring (bicyclic) bond motifs is 1. The number of rotatable bonds is 5. The molecular formula is C17H23N3O. The molecule has 0 saturated carbocycles. The summed E-state index contributed by atoms with van der Waals surface area (Å²) in [5.74, 6) is 1.02. The summed E-state index contributed by atoms with van der Waals surface area (Å²) in [5, 5.41) is 4.47. The van der Waals surface area contributed by atoms with Crippen molar-refractivity contribution in [3.8, 4) is 0 Å². The standard InChI is InChI=1S/C17H23N3O/c1-18-11-13-10-17(19-16-8-4-3-7-15(13)16)20(2)12-14-6-5-9-21-14/h3-4,7-8,10,14,18H,5-6,9,11-12H2,1-2H3. The zero-order valence-corrected chi connectivity index (χ0v) is 12.8. The Morgan fingerprint density at radius 3 is 3.00 bits per heavy atom. The lowest BCUT2D eigenvalue weighted by atomic mass is 10.1. The molecule has 1 aliphatic heterocycles. The summed E-state index contributed by atoms with van der Waals surface area (Å²) in [4.78, 5) is 7.01. The topological polar surface area (TPSA) is 37.4 Å². The predicted octanol–water partition coefficient (Wildman–Crippen LogP) is 2.57. The first-order chi connectivity index (χ1) is 10.3. The second kappa shape index (κ2) is 6.41. The van der Waals surface area contributed by atoms with Gasteiger partial charge in [-0.05, 0) is 37.6 Å². The molecule has 0 radical (unpaired) electrons. The van der Waals surface area contributed by atoms with Crippen molar-refractivity contribution in [1.82, 2.24) is 10.3 Å². The Kier molecular flexibility index (Phi) is 4.36. The van der Waals surface area contributed by atoms with Gasteiger partial charge in [0.15, 0.2) is 0 Å². The summed E-state index contributed by atoms with van der Waals surface area (Å²) in [6, 6.07) is 10.5. The van der Waals surface area contributed by atoms with E-state index >= 15 is 0 Å². The van der Waals surface area contributed by atoms with E-state index in [2.05, 4.69) is 41.5 Å². The summed E-state index contributed by atoms with van der Waals surface area (Å²) in [5.41, 5.74) is 2.34. The molecule has 2 aromatic rings. The van der Waals surface area contributed by atoms with Gasteiger partial charge in [-0.1, -0.05) is 18.2 Å². The van der Waals surface area contributed by atoms with Crippen LogP contribution in [0.2, 0.25) is 0 Å². The molecule has 1 fully saturated rings. The van der Waals surface area contributed by atoms with E-state index < -0.39 is 0 Å². The molecule has 1 saturated heterocycles. The van der Waals surface area contributed by atoms with Crippen LogP contribution in [0.1, 0.15) is 18.4 Å². The van der Waals surface area contributed by atoms with E-state index in [0.717, 1.165) is 37.5 Å². The molecule has 0 spiro atoms. The third-order valence-corrected chi connectivity index (χ3v) is 4.05. The lowest BCUT2D eigenvalue weighted by Gasteiger charge is -2.23. The van der Waals surface area contributed by atoms with Crippen LogP contribution < -0.4 is 10.2 Å². The maximum absolute atomic E-state index is 5.73. The highest BCUT2D eigenvalue weighted by molar-refractivity contribution is 5.84. The van der Waals surface area contributed by atoms with Crippen molar-refractivity contribution in [3.63, 3.8) is 0 Å². The van der Waals surface area contributed by atoms with Gasteiger partial charge in [0.25, 0.3) is 0 Å². The molecule has 112 valence electrons. The van der Waals surface area contributed by atoms with Crippen LogP contribution in [0.3, 0.4) is 0 Å². The number of nitrogens with one attached hydrogen (secondary N) is 1. The quantitative estimate of drug-likeness (QED) is 0.916. The van der Waals surface area contributed by atoms with Gasteiger partial charge in [-0.15, -0.1) is 0 Å².